The minimum absolute atomic E-state index is 0.0478. The Labute approximate surface area is 107 Å². The third-order valence-electron chi connectivity index (χ3n) is 2.93. The van der Waals surface area contributed by atoms with Gasteiger partial charge in [0.05, 0.1) is 5.56 Å². The Kier molecular flexibility index (Phi) is 4.15. The summed E-state index contributed by atoms with van der Waals surface area (Å²) in [6.45, 7) is 1.92. The minimum atomic E-state index is -0.0478. The van der Waals surface area contributed by atoms with E-state index in [0.29, 0.717) is 11.4 Å². The third kappa shape index (κ3) is 3.20. The topological polar surface area (TPSA) is 54.5 Å². The number of pyridine rings is 1. The summed E-state index contributed by atoms with van der Waals surface area (Å²) in [7, 11) is 3.45. The van der Waals surface area contributed by atoms with Gasteiger partial charge in [-0.1, -0.05) is 0 Å². The normalized spacial score (nSPS) is 19.3. The fourth-order valence-electron chi connectivity index (χ4n) is 1.93. The van der Waals surface area contributed by atoms with E-state index in [9.17, 15) is 4.79 Å². The van der Waals surface area contributed by atoms with Crippen molar-refractivity contribution in [2.45, 2.75) is 18.9 Å². The molecule has 2 heterocycles. The lowest BCUT2D eigenvalue weighted by Gasteiger charge is -2.23. The van der Waals surface area contributed by atoms with Crippen molar-refractivity contribution in [3.05, 3.63) is 23.9 Å². The maximum atomic E-state index is 11.7. The van der Waals surface area contributed by atoms with E-state index in [-0.39, 0.29) is 12.0 Å². The summed E-state index contributed by atoms with van der Waals surface area (Å²) in [5.41, 5.74) is 0.578. The standard InChI is InChI=1S/C13H19N3O2/c1-16(2)13(17)10-5-6-12(15-8-10)18-11-4-3-7-14-9-11/h5-6,8,11,14H,3-4,7,9H2,1-2H3. The van der Waals surface area contributed by atoms with Crippen molar-refractivity contribution in [2.75, 3.05) is 27.2 Å². The second-order valence-corrected chi connectivity index (χ2v) is 4.67. The molecule has 0 radical (unpaired) electrons. The highest BCUT2D eigenvalue weighted by Crippen LogP contribution is 2.14. The van der Waals surface area contributed by atoms with Crippen molar-refractivity contribution in [1.29, 1.82) is 0 Å². The summed E-state index contributed by atoms with van der Waals surface area (Å²) < 4.78 is 5.75. The Bertz CT molecular complexity index is 397. The molecule has 0 aliphatic carbocycles. The van der Waals surface area contributed by atoms with Gasteiger partial charge in [-0.3, -0.25) is 4.79 Å². The second-order valence-electron chi connectivity index (χ2n) is 4.67. The fraction of sp³-hybridized carbons (Fsp3) is 0.538. The first-order valence-corrected chi connectivity index (χ1v) is 6.22. The molecular formula is C13H19N3O2. The lowest BCUT2D eigenvalue weighted by atomic mass is 10.1. The van der Waals surface area contributed by atoms with Crippen LogP contribution < -0.4 is 10.1 Å². The molecule has 1 unspecified atom stereocenters. The number of piperidine rings is 1. The molecule has 1 aromatic rings. The third-order valence-corrected chi connectivity index (χ3v) is 2.93. The zero-order chi connectivity index (χ0) is 13.0. The van der Waals surface area contributed by atoms with Crippen molar-refractivity contribution < 1.29 is 9.53 Å². The molecule has 0 bridgehead atoms. The van der Waals surface area contributed by atoms with Crippen molar-refractivity contribution in [2.24, 2.45) is 0 Å². The summed E-state index contributed by atoms with van der Waals surface area (Å²) in [6.07, 6.45) is 3.92. The molecule has 0 spiro atoms. The number of hydrogen-bond acceptors (Lipinski definition) is 4. The zero-order valence-corrected chi connectivity index (χ0v) is 10.8. The maximum absolute atomic E-state index is 11.7. The molecule has 98 valence electrons. The van der Waals surface area contributed by atoms with Crippen molar-refractivity contribution >= 4 is 5.91 Å². The lowest BCUT2D eigenvalue weighted by molar-refractivity contribution is 0.0827. The van der Waals surface area contributed by atoms with Gasteiger partial charge in [0.1, 0.15) is 6.10 Å². The number of aromatic nitrogens is 1. The van der Waals surface area contributed by atoms with E-state index >= 15 is 0 Å². The highest BCUT2D eigenvalue weighted by atomic mass is 16.5. The number of carbonyl (C=O) groups is 1. The molecule has 0 aromatic carbocycles. The van der Waals surface area contributed by atoms with Crippen LogP contribution in [-0.2, 0) is 0 Å². The Hall–Kier alpha value is -1.62. The van der Waals surface area contributed by atoms with Crippen LogP contribution in [-0.4, -0.2) is 49.1 Å². The van der Waals surface area contributed by atoms with E-state index in [1.807, 2.05) is 0 Å². The van der Waals surface area contributed by atoms with Gasteiger partial charge < -0.3 is 15.0 Å². The smallest absolute Gasteiger partial charge is 0.254 e. The van der Waals surface area contributed by atoms with Gasteiger partial charge in [-0.05, 0) is 25.5 Å². The van der Waals surface area contributed by atoms with E-state index in [1.165, 1.54) is 4.90 Å². The molecule has 2 rings (SSSR count). The van der Waals surface area contributed by atoms with Crippen LogP contribution in [0.15, 0.2) is 18.3 Å². The Morgan fingerprint density at radius 1 is 1.50 bits per heavy atom. The quantitative estimate of drug-likeness (QED) is 0.865. The number of rotatable bonds is 3. The minimum Gasteiger partial charge on any atom is -0.473 e. The first kappa shape index (κ1) is 12.8. The van der Waals surface area contributed by atoms with Crippen molar-refractivity contribution in [1.82, 2.24) is 15.2 Å². The molecule has 1 fully saturated rings. The Balaban J connectivity index is 1.96. The van der Waals surface area contributed by atoms with Crippen LogP contribution in [0.1, 0.15) is 23.2 Å². The molecule has 1 saturated heterocycles. The number of ether oxygens (including phenoxy) is 1. The van der Waals surface area contributed by atoms with Gasteiger partial charge >= 0.3 is 0 Å². The number of nitrogens with one attached hydrogen (secondary N) is 1. The number of amides is 1. The summed E-state index contributed by atoms with van der Waals surface area (Å²) >= 11 is 0. The molecule has 1 amide bonds. The number of carbonyl (C=O) groups excluding carboxylic acids is 1. The first-order chi connectivity index (χ1) is 8.66. The van der Waals surface area contributed by atoms with E-state index < -0.39 is 0 Å². The number of nitrogens with zero attached hydrogens (tertiary/aromatic N) is 2. The van der Waals surface area contributed by atoms with Gasteiger partial charge in [0.25, 0.3) is 5.91 Å². The van der Waals surface area contributed by atoms with Crippen LogP contribution in [0.2, 0.25) is 0 Å². The first-order valence-electron chi connectivity index (χ1n) is 6.22. The van der Waals surface area contributed by atoms with Crippen LogP contribution in [0.4, 0.5) is 0 Å². The largest absolute Gasteiger partial charge is 0.473 e. The van der Waals surface area contributed by atoms with Crippen LogP contribution in [0.5, 0.6) is 5.88 Å². The molecule has 18 heavy (non-hydrogen) atoms. The number of hydrogen-bond donors (Lipinski definition) is 1. The fourth-order valence-corrected chi connectivity index (χ4v) is 1.93. The van der Waals surface area contributed by atoms with E-state index in [4.69, 9.17) is 4.74 Å². The second kappa shape index (κ2) is 5.82. The summed E-state index contributed by atoms with van der Waals surface area (Å²) in [4.78, 5) is 17.4. The van der Waals surface area contributed by atoms with Gasteiger partial charge in [-0.15, -0.1) is 0 Å². The van der Waals surface area contributed by atoms with Crippen LogP contribution >= 0.6 is 0 Å². The van der Waals surface area contributed by atoms with Gasteiger partial charge in [0.2, 0.25) is 5.88 Å². The SMILES string of the molecule is CN(C)C(=O)c1ccc(OC2CCCNC2)nc1. The van der Waals surface area contributed by atoms with Gasteiger partial charge in [0.15, 0.2) is 0 Å². The van der Waals surface area contributed by atoms with Crippen LogP contribution in [0.25, 0.3) is 0 Å². The summed E-state index contributed by atoms with van der Waals surface area (Å²) in [5, 5.41) is 3.29. The van der Waals surface area contributed by atoms with Gasteiger partial charge in [0, 0.05) is 32.9 Å². The van der Waals surface area contributed by atoms with Crippen molar-refractivity contribution in [3.8, 4) is 5.88 Å². The molecule has 1 N–H and O–H groups in total. The Morgan fingerprint density at radius 2 is 2.33 bits per heavy atom. The predicted octanol–water partition coefficient (Wildman–Crippen LogP) is 0.914. The summed E-state index contributed by atoms with van der Waals surface area (Å²) in [5.74, 6) is 0.535. The molecule has 1 atom stereocenters. The van der Waals surface area contributed by atoms with Gasteiger partial charge in [-0.2, -0.15) is 0 Å². The molecular weight excluding hydrogens is 230 g/mol. The zero-order valence-electron chi connectivity index (χ0n) is 10.8. The highest BCUT2D eigenvalue weighted by Gasteiger charge is 2.15. The van der Waals surface area contributed by atoms with E-state index in [2.05, 4.69) is 10.3 Å². The van der Waals surface area contributed by atoms with Crippen molar-refractivity contribution in [3.63, 3.8) is 0 Å². The maximum Gasteiger partial charge on any atom is 0.254 e. The predicted molar refractivity (Wildman–Crippen MR) is 68.8 cm³/mol. The Morgan fingerprint density at radius 3 is 2.89 bits per heavy atom. The summed E-state index contributed by atoms with van der Waals surface area (Å²) in [6, 6.07) is 3.51. The average molecular weight is 249 g/mol. The average Bonchev–Trinajstić information content (AvgIpc) is 2.40. The monoisotopic (exact) mass is 249 g/mol. The molecule has 5 nitrogen and oxygen atoms in total. The molecule has 1 aliphatic heterocycles. The van der Waals surface area contributed by atoms with Gasteiger partial charge in [-0.25, -0.2) is 4.98 Å². The van der Waals surface area contributed by atoms with Crippen LogP contribution in [0.3, 0.4) is 0 Å². The highest BCUT2D eigenvalue weighted by molar-refractivity contribution is 5.93. The molecule has 1 aliphatic rings. The van der Waals surface area contributed by atoms with E-state index in [1.54, 1.807) is 32.4 Å². The van der Waals surface area contributed by atoms with E-state index in [0.717, 1.165) is 25.9 Å². The molecule has 1 aromatic heterocycles. The van der Waals surface area contributed by atoms with Crippen LogP contribution in [0, 0.1) is 0 Å². The lowest BCUT2D eigenvalue weighted by Crippen LogP contribution is -2.37. The molecule has 5 heteroatoms. The molecule has 0 saturated carbocycles.